The van der Waals surface area contributed by atoms with Crippen molar-refractivity contribution < 1.29 is 0 Å². The minimum atomic E-state index is -0.354. The molecule has 19 heavy (non-hydrogen) atoms. The Balaban J connectivity index is 2.63. The predicted octanol–water partition coefficient (Wildman–Crippen LogP) is 2.56. The molecule has 3 rings (SSSR count). The molecule has 0 bridgehead atoms. The third-order valence-corrected chi connectivity index (χ3v) is 3.39. The number of H-pyrrole nitrogens is 1. The van der Waals surface area contributed by atoms with Crippen molar-refractivity contribution in [3.8, 4) is 6.07 Å². The lowest BCUT2D eigenvalue weighted by molar-refractivity contribution is 1.21. The summed E-state index contributed by atoms with van der Waals surface area (Å²) in [6, 6.07) is 7.41. The van der Waals surface area contributed by atoms with Crippen molar-refractivity contribution in [2.75, 3.05) is 0 Å². The molecule has 92 valence electrons. The van der Waals surface area contributed by atoms with Gasteiger partial charge in [0.15, 0.2) is 0 Å². The fraction of sp³-hybridized carbons (Fsp3) is 0.133. The Labute approximate surface area is 109 Å². The van der Waals surface area contributed by atoms with Gasteiger partial charge in [-0.2, -0.15) is 5.26 Å². The van der Waals surface area contributed by atoms with E-state index in [2.05, 4.69) is 9.97 Å². The quantitative estimate of drug-likeness (QED) is 0.622. The summed E-state index contributed by atoms with van der Waals surface area (Å²) in [6.07, 6.45) is 1.83. The number of fused-ring (bicyclic) bond motifs is 3. The van der Waals surface area contributed by atoms with E-state index in [0.717, 1.165) is 32.9 Å². The van der Waals surface area contributed by atoms with Gasteiger partial charge in [0.2, 0.25) is 0 Å². The Morgan fingerprint density at radius 3 is 2.79 bits per heavy atom. The van der Waals surface area contributed by atoms with Gasteiger partial charge >= 0.3 is 0 Å². The van der Waals surface area contributed by atoms with Crippen LogP contribution in [0.25, 0.3) is 21.7 Å². The molecule has 0 aliphatic carbocycles. The molecule has 0 saturated carbocycles. The van der Waals surface area contributed by atoms with Gasteiger partial charge in [0, 0.05) is 28.2 Å². The van der Waals surface area contributed by atoms with Gasteiger partial charge in [-0.1, -0.05) is 6.07 Å². The van der Waals surface area contributed by atoms with E-state index >= 15 is 0 Å². The zero-order valence-electron chi connectivity index (χ0n) is 10.6. The first-order chi connectivity index (χ1) is 9.11. The maximum atomic E-state index is 11.7. The van der Waals surface area contributed by atoms with Crippen LogP contribution in [0.4, 0.5) is 0 Å². The second-order valence-corrected chi connectivity index (χ2v) is 4.60. The van der Waals surface area contributed by atoms with Gasteiger partial charge in [0.25, 0.3) is 5.56 Å². The van der Waals surface area contributed by atoms with Crippen LogP contribution in [0.2, 0.25) is 0 Å². The SMILES string of the molecule is Cc1cnc(C)c2c1ccc1[nH]c(=O)c(C#N)cc12. The highest BCUT2D eigenvalue weighted by Gasteiger charge is 2.09. The average molecular weight is 249 g/mol. The summed E-state index contributed by atoms with van der Waals surface area (Å²) in [5.41, 5.74) is 2.47. The van der Waals surface area contributed by atoms with E-state index in [1.165, 1.54) is 0 Å². The Hall–Kier alpha value is -2.67. The van der Waals surface area contributed by atoms with Gasteiger partial charge in [-0.3, -0.25) is 9.78 Å². The number of aromatic amines is 1. The fourth-order valence-electron chi connectivity index (χ4n) is 2.41. The Morgan fingerprint density at radius 2 is 2.05 bits per heavy atom. The minimum Gasteiger partial charge on any atom is -0.321 e. The number of aryl methyl sites for hydroxylation is 2. The van der Waals surface area contributed by atoms with Gasteiger partial charge in [-0.25, -0.2) is 0 Å². The Kier molecular flexibility index (Phi) is 2.36. The molecule has 0 aliphatic rings. The Bertz CT molecular complexity index is 916. The molecule has 0 atom stereocenters. The third-order valence-electron chi connectivity index (χ3n) is 3.39. The third kappa shape index (κ3) is 1.59. The highest BCUT2D eigenvalue weighted by atomic mass is 16.1. The molecule has 2 heterocycles. The largest absolute Gasteiger partial charge is 0.321 e. The van der Waals surface area contributed by atoms with E-state index in [1.807, 2.05) is 38.2 Å². The number of pyridine rings is 2. The summed E-state index contributed by atoms with van der Waals surface area (Å²) >= 11 is 0. The van der Waals surface area contributed by atoms with Crippen LogP contribution < -0.4 is 5.56 Å². The monoisotopic (exact) mass is 249 g/mol. The molecule has 0 radical (unpaired) electrons. The molecule has 2 aromatic heterocycles. The van der Waals surface area contributed by atoms with E-state index in [4.69, 9.17) is 5.26 Å². The zero-order chi connectivity index (χ0) is 13.6. The maximum Gasteiger partial charge on any atom is 0.266 e. The minimum absolute atomic E-state index is 0.126. The predicted molar refractivity (Wildman–Crippen MR) is 74.1 cm³/mol. The molecule has 0 spiro atoms. The van der Waals surface area contributed by atoms with Crippen LogP contribution in [-0.4, -0.2) is 9.97 Å². The number of nitriles is 1. The molecule has 0 unspecified atom stereocenters. The molecule has 1 aromatic carbocycles. The van der Waals surface area contributed by atoms with Gasteiger partial charge in [-0.05, 0) is 36.9 Å². The van der Waals surface area contributed by atoms with Crippen LogP contribution in [0.1, 0.15) is 16.8 Å². The first-order valence-corrected chi connectivity index (χ1v) is 5.94. The second-order valence-electron chi connectivity index (χ2n) is 4.60. The zero-order valence-corrected chi connectivity index (χ0v) is 10.6. The molecule has 0 amide bonds. The van der Waals surface area contributed by atoms with Crippen LogP contribution >= 0.6 is 0 Å². The second kappa shape index (κ2) is 3.92. The van der Waals surface area contributed by atoms with Crippen molar-refractivity contribution in [3.63, 3.8) is 0 Å². The van der Waals surface area contributed by atoms with E-state index in [9.17, 15) is 4.79 Å². The summed E-state index contributed by atoms with van der Waals surface area (Å²) in [5, 5.41) is 11.9. The summed E-state index contributed by atoms with van der Waals surface area (Å²) in [5.74, 6) is 0. The summed E-state index contributed by atoms with van der Waals surface area (Å²) in [4.78, 5) is 18.8. The van der Waals surface area contributed by atoms with E-state index in [-0.39, 0.29) is 11.1 Å². The number of hydrogen-bond acceptors (Lipinski definition) is 3. The summed E-state index contributed by atoms with van der Waals surface area (Å²) in [6.45, 7) is 3.93. The average Bonchev–Trinajstić information content (AvgIpc) is 2.41. The van der Waals surface area contributed by atoms with Crippen molar-refractivity contribution in [3.05, 3.63) is 51.6 Å². The fourth-order valence-corrected chi connectivity index (χ4v) is 2.41. The normalized spacial score (nSPS) is 10.8. The van der Waals surface area contributed by atoms with Crippen molar-refractivity contribution in [1.82, 2.24) is 9.97 Å². The van der Waals surface area contributed by atoms with Gasteiger partial charge in [0.05, 0.1) is 0 Å². The molecule has 0 fully saturated rings. The van der Waals surface area contributed by atoms with Crippen LogP contribution in [0.15, 0.2) is 29.2 Å². The highest BCUT2D eigenvalue weighted by molar-refractivity contribution is 6.08. The first-order valence-electron chi connectivity index (χ1n) is 5.94. The molecule has 1 N–H and O–H groups in total. The molecular weight excluding hydrogens is 238 g/mol. The van der Waals surface area contributed by atoms with E-state index in [1.54, 1.807) is 6.07 Å². The molecule has 4 nitrogen and oxygen atoms in total. The molecular formula is C15H11N3O. The van der Waals surface area contributed by atoms with Crippen molar-refractivity contribution >= 4 is 21.7 Å². The number of benzene rings is 1. The van der Waals surface area contributed by atoms with Crippen molar-refractivity contribution in [2.24, 2.45) is 0 Å². The molecule has 3 aromatic rings. The lowest BCUT2D eigenvalue weighted by Gasteiger charge is -2.08. The lowest BCUT2D eigenvalue weighted by Crippen LogP contribution is -2.09. The first kappa shape index (κ1) is 11.4. The van der Waals surface area contributed by atoms with Gasteiger partial charge < -0.3 is 4.98 Å². The van der Waals surface area contributed by atoms with Crippen LogP contribution in [-0.2, 0) is 0 Å². The van der Waals surface area contributed by atoms with E-state index in [0.29, 0.717) is 0 Å². The summed E-state index contributed by atoms with van der Waals surface area (Å²) in [7, 11) is 0. The van der Waals surface area contributed by atoms with Gasteiger partial charge in [0.1, 0.15) is 11.6 Å². The van der Waals surface area contributed by atoms with Crippen LogP contribution in [0.3, 0.4) is 0 Å². The Morgan fingerprint density at radius 1 is 1.26 bits per heavy atom. The molecule has 4 heteroatoms. The lowest BCUT2D eigenvalue weighted by atomic mass is 10.0. The van der Waals surface area contributed by atoms with Crippen LogP contribution in [0, 0.1) is 25.2 Å². The number of nitrogens with one attached hydrogen (secondary N) is 1. The number of rotatable bonds is 0. The highest BCUT2D eigenvalue weighted by Crippen LogP contribution is 2.27. The maximum absolute atomic E-state index is 11.7. The molecule has 0 saturated heterocycles. The number of nitrogens with zero attached hydrogens (tertiary/aromatic N) is 2. The molecule has 0 aliphatic heterocycles. The topological polar surface area (TPSA) is 69.5 Å². The summed E-state index contributed by atoms with van der Waals surface area (Å²) < 4.78 is 0. The standard InChI is InChI=1S/C15H11N3O/c1-8-7-17-9(2)14-11(8)3-4-13-12(14)5-10(6-16)15(19)18-13/h3-5,7H,1-2H3,(H,18,19). The van der Waals surface area contributed by atoms with Gasteiger partial charge in [-0.15, -0.1) is 0 Å². The van der Waals surface area contributed by atoms with Crippen molar-refractivity contribution in [1.29, 1.82) is 5.26 Å². The smallest absolute Gasteiger partial charge is 0.266 e. The van der Waals surface area contributed by atoms with E-state index < -0.39 is 0 Å². The van der Waals surface area contributed by atoms with Crippen molar-refractivity contribution in [2.45, 2.75) is 13.8 Å². The number of aromatic nitrogens is 2. The van der Waals surface area contributed by atoms with Crippen LogP contribution in [0.5, 0.6) is 0 Å². The number of hydrogen-bond donors (Lipinski definition) is 1.